The Kier molecular flexibility index (Phi) is 5.92. The van der Waals surface area contributed by atoms with Crippen molar-refractivity contribution in [1.29, 1.82) is 0 Å². The summed E-state index contributed by atoms with van der Waals surface area (Å²) in [4.78, 5) is 17.3. The van der Waals surface area contributed by atoms with Crippen molar-refractivity contribution >= 4 is 27.4 Å². The number of piperidine rings is 1. The van der Waals surface area contributed by atoms with Gasteiger partial charge in [0.25, 0.3) is 0 Å². The lowest BCUT2D eigenvalue weighted by Gasteiger charge is -2.34. The largest absolute Gasteiger partial charge is 0.379 e. The Morgan fingerprint density at radius 3 is 2.78 bits per heavy atom. The fourth-order valence-electron chi connectivity index (χ4n) is 4.03. The van der Waals surface area contributed by atoms with Crippen molar-refractivity contribution in [3.63, 3.8) is 0 Å². The standard InChI is InChI=1S/C20H30N4O2S/c1-4-26-16-6-5-7-24(12-16)19-18-14(2)15(3)27-20(18)22-17(21-19)13-23-8-10-25-11-9-23/h16H,4-13H2,1-3H3. The molecule has 2 aromatic heterocycles. The van der Waals surface area contributed by atoms with Crippen LogP contribution in [0.1, 0.15) is 36.0 Å². The Morgan fingerprint density at radius 2 is 2.00 bits per heavy atom. The molecule has 0 aromatic carbocycles. The van der Waals surface area contributed by atoms with E-state index in [1.54, 1.807) is 11.3 Å². The molecule has 0 bridgehead atoms. The second kappa shape index (κ2) is 8.39. The van der Waals surface area contributed by atoms with Gasteiger partial charge in [-0.2, -0.15) is 0 Å². The predicted octanol–water partition coefficient (Wildman–Crippen LogP) is 3.15. The molecule has 1 atom stereocenters. The van der Waals surface area contributed by atoms with E-state index >= 15 is 0 Å². The van der Waals surface area contributed by atoms with Crippen molar-refractivity contribution in [2.75, 3.05) is 50.9 Å². The van der Waals surface area contributed by atoms with Gasteiger partial charge in [0.1, 0.15) is 16.5 Å². The molecule has 0 aliphatic carbocycles. The third kappa shape index (κ3) is 4.11. The Hall–Kier alpha value is -1.28. The van der Waals surface area contributed by atoms with E-state index in [-0.39, 0.29) is 0 Å². The van der Waals surface area contributed by atoms with Gasteiger partial charge < -0.3 is 14.4 Å². The van der Waals surface area contributed by atoms with E-state index in [0.29, 0.717) is 6.10 Å². The van der Waals surface area contributed by atoms with Gasteiger partial charge in [-0.15, -0.1) is 11.3 Å². The maximum atomic E-state index is 5.93. The SMILES string of the molecule is CCOC1CCCN(c2nc(CN3CCOCC3)nc3sc(C)c(C)c23)C1. The van der Waals surface area contributed by atoms with Gasteiger partial charge in [0.15, 0.2) is 0 Å². The summed E-state index contributed by atoms with van der Waals surface area (Å²) in [5.41, 5.74) is 1.32. The van der Waals surface area contributed by atoms with E-state index in [4.69, 9.17) is 19.4 Å². The van der Waals surface area contributed by atoms with Gasteiger partial charge in [-0.05, 0) is 39.2 Å². The van der Waals surface area contributed by atoms with Crippen molar-refractivity contribution in [2.24, 2.45) is 0 Å². The summed E-state index contributed by atoms with van der Waals surface area (Å²) in [6.07, 6.45) is 2.59. The normalized spacial score (nSPS) is 21.9. The zero-order chi connectivity index (χ0) is 18.8. The van der Waals surface area contributed by atoms with Crippen LogP contribution in [0.3, 0.4) is 0 Å². The molecular weight excluding hydrogens is 360 g/mol. The summed E-state index contributed by atoms with van der Waals surface area (Å²) in [6, 6.07) is 0. The van der Waals surface area contributed by atoms with Crippen LogP contribution in [0, 0.1) is 13.8 Å². The highest BCUT2D eigenvalue weighted by Gasteiger charge is 2.25. The number of thiophene rings is 1. The van der Waals surface area contributed by atoms with Crippen LogP contribution in [-0.4, -0.2) is 67.0 Å². The average Bonchev–Trinajstić information content (AvgIpc) is 2.96. The topological polar surface area (TPSA) is 50.7 Å². The van der Waals surface area contributed by atoms with Crippen LogP contribution >= 0.6 is 11.3 Å². The highest BCUT2D eigenvalue weighted by Crippen LogP contribution is 2.36. The Labute approximate surface area is 165 Å². The lowest BCUT2D eigenvalue weighted by atomic mass is 10.1. The summed E-state index contributed by atoms with van der Waals surface area (Å²) < 4.78 is 11.4. The van der Waals surface area contributed by atoms with Gasteiger partial charge in [0.05, 0.1) is 31.2 Å². The molecule has 0 spiro atoms. The number of rotatable bonds is 5. The van der Waals surface area contributed by atoms with E-state index in [2.05, 4.69) is 30.6 Å². The van der Waals surface area contributed by atoms with Crippen LogP contribution < -0.4 is 4.90 Å². The fraction of sp³-hybridized carbons (Fsp3) is 0.700. The molecule has 4 heterocycles. The minimum absolute atomic E-state index is 0.302. The van der Waals surface area contributed by atoms with Crippen LogP contribution in [0.4, 0.5) is 5.82 Å². The van der Waals surface area contributed by atoms with Crippen LogP contribution in [0.2, 0.25) is 0 Å². The molecule has 148 valence electrons. The lowest BCUT2D eigenvalue weighted by molar-refractivity contribution is 0.0331. The quantitative estimate of drug-likeness (QED) is 0.782. The zero-order valence-electron chi connectivity index (χ0n) is 16.7. The number of hydrogen-bond acceptors (Lipinski definition) is 7. The first kappa shape index (κ1) is 19.1. The third-order valence-corrected chi connectivity index (χ3v) is 6.71. The first-order valence-corrected chi connectivity index (χ1v) is 10.9. The number of fused-ring (bicyclic) bond motifs is 1. The van der Waals surface area contributed by atoms with Crippen LogP contribution in [-0.2, 0) is 16.0 Å². The molecule has 4 rings (SSSR count). The molecular formula is C20H30N4O2S. The van der Waals surface area contributed by atoms with Crippen LogP contribution in [0.15, 0.2) is 0 Å². The van der Waals surface area contributed by atoms with Gasteiger partial charge in [-0.1, -0.05) is 0 Å². The van der Waals surface area contributed by atoms with Crippen molar-refractivity contribution in [1.82, 2.24) is 14.9 Å². The molecule has 2 aliphatic heterocycles. The van der Waals surface area contributed by atoms with Crippen molar-refractivity contribution in [2.45, 2.75) is 46.3 Å². The van der Waals surface area contributed by atoms with Crippen LogP contribution in [0.5, 0.6) is 0 Å². The first-order chi connectivity index (χ1) is 13.2. The summed E-state index contributed by atoms with van der Waals surface area (Å²) >= 11 is 1.79. The highest BCUT2D eigenvalue weighted by molar-refractivity contribution is 7.18. The van der Waals surface area contributed by atoms with Gasteiger partial charge in [0, 0.05) is 37.7 Å². The number of aryl methyl sites for hydroxylation is 2. The maximum absolute atomic E-state index is 5.93. The number of aromatic nitrogens is 2. The second-order valence-electron chi connectivity index (χ2n) is 7.48. The Bertz CT molecular complexity index is 786. The van der Waals surface area contributed by atoms with Crippen molar-refractivity contribution < 1.29 is 9.47 Å². The summed E-state index contributed by atoms with van der Waals surface area (Å²) in [5.74, 6) is 2.04. The van der Waals surface area contributed by atoms with Gasteiger partial charge in [0.2, 0.25) is 0 Å². The van der Waals surface area contributed by atoms with Gasteiger partial charge in [-0.25, -0.2) is 9.97 Å². The molecule has 6 nitrogen and oxygen atoms in total. The van der Waals surface area contributed by atoms with Gasteiger partial charge >= 0.3 is 0 Å². The number of ether oxygens (including phenoxy) is 2. The molecule has 2 fully saturated rings. The Balaban J connectivity index is 1.68. The van der Waals surface area contributed by atoms with Crippen molar-refractivity contribution in [3.8, 4) is 0 Å². The van der Waals surface area contributed by atoms with E-state index in [1.165, 1.54) is 15.8 Å². The fourth-order valence-corrected chi connectivity index (χ4v) is 5.08. The molecule has 27 heavy (non-hydrogen) atoms. The molecule has 0 radical (unpaired) electrons. The second-order valence-corrected chi connectivity index (χ2v) is 8.68. The molecule has 0 saturated carbocycles. The number of anilines is 1. The third-order valence-electron chi connectivity index (χ3n) is 5.60. The lowest BCUT2D eigenvalue weighted by Crippen LogP contribution is -2.40. The van der Waals surface area contributed by atoms with E-state index in [0.717, 1.165) is 81.9 Å². The molecule has 1 unspecified atom stereocenters. The highest BCUT2D eigenvalue weighted by atomic mass is 32.1. The molecule has 0 N–H and O–H groups in total. The van der Waals surface area contributed by atoms with E-state index in [1.807, 2.05) is 0 Å². The monoisotopic (exact) mass is 390 g/mol. The summed E-state index contributed by atoms with van der Waals surface area (Å²) in [6.45, 7) is 13.5. The summed E-state index contributed by atoms with van der Waals surface area (Å²) in [7, 11) is 0. The molecule has 2 aromatic rings. The van der Waals surface area contributed by atoms with Crippen molar-refractivity contribution in [3.05, 3.63) is 16.3 Å². The predicted molar refractivity (Wildman–Crippen MR) is 110 cm³/mol. The number of hydrogen-bond donors (Lipinski definition) is 0. The first-order valence-electron chi connectivity index (χ1n) is 10.1. The minimum Gasteiger partial charge on any atom is -0.379 e. The Morgan fingerprint density at radius 1 is 1.19 bits per heavy atom. The van der Waals surface area contributed by atoms with E-state index in [9.17, 15) is 0 Å². The van der Waals surface area contributed by atoms with E-state index < -0.39 is 0 Å². The smallest absolute Gasteiger partial charge is 0.146 e. The number of morpholine rings is 1. The minimum atomic E-state index is 0.302. The molecule has 0 amide bonds. The van der Waals surface area contributed by atoms with Crippen LogP contribution in [0.25, 0.3) is 10.2 Å². The molecule has 2 saturated heterocycles. The summed E-state index contributed by atoms with van der Waals surface area (Å²) in [5, 5.41) is 1.24. The molecule has 2 aliphatic rings. The van der Waals surface area contributed by atoms with Gasteiger partial charge in [-0.3, -0.25) is 4.90 Å². The number of nitrogens with zero attached hydrogens (tertiary/aromatic N) is 4. The average molecular weight is 391 g/mol. The maximum Gasteiger partial charge on any atom is 0.146 e. The molecule has 7 heteroatoms. The zero-order valence-corrected chi connectivity index (χ0v) is 17.5.